The number of rotatable bonds is 8. The van der Waals surface area contributed by atoms with Crippen LogP contribution in [0.2, 0.25) is 0 Å². The molecule has 2 rings (SSSR count). The fraction of sp³-hybridized carbons (Fsp3) is 0.300. The Morgan fingerprint density at radius 3 is 2.30 bits per heavy atom. The molecule has 2 aromatic rings. The molecule has 7 heteroatoms. The highest BCUT2D eigenvalue weighted by Crippen LogP contribution is 2.29. The molecule has 4 nitrogen and oxygen atoms in total. The van der Waals surface area contributed by atoms with Crippen LogP contribution in [-0.2, 0) is 28.6 Å². The summed E-state index contributed by atoms with van der Waals surface area (Å²) in [5.41, 5.74) is 5.84. The minimum absolute atomic E-state index is 0.217. The van der Waals surface area contributed by atoms with E-state index < -0.39 is 29.6 Å². The molecule has 0 unspecified atom stereocenters. The maximum Gasteiger partial charge on any atom is 0.416 e. The molecule has 0 saturated carbocycles. The maximum absolute atomic E-state index is 12.7. The zero-order valence-electron chi connectivity index (χ0n) is 14.6. The second-order valence-electron chi connectivity index (χ2n) is 6.28. The molecule has 1 atom stereocenters. The van der Waals surface area contributed by atoms with Crippen molar-refractivity contribution in [2.45, 2.75) is 37.9 Å². The van der Waals surface area contributed by atoms with E-state index in [-0.39, 0.29) is 12.0 Å². The Labute approximate surface area is 155 Å². The van der Waals surface area contributed by atoms with Crippen molar-refractivity contribution in [2.75, 3.05) is 0 Å². The van der Waals surface area contributed by atoms with Gasteiger partial charge in [-0.1, -0.05) is 48.5 Å². The number of halogens is 3. The minimum atomic E-state index is -4.47. The van der Waals surface area contributed by atoms with Gasteiger partial charge < -0.3 is 11.1 Å². The van der Waals surface area contributed by atoms with E-state index in [0.29, 0.717) is 12.8 Å². The molecule has 27 heavy (non-hydrogen) atoms. The van der Waals surface area contributed by atoms with Crippen LogP contribution >= 0.6 is 0 Å². The van der Waals surface area contributed by atoms with Gasteiger partial charge >= 0.3 is 6.18 Å². The molecule has 144 valence electrons. The normalized spacial score (nSPS) is 12.4. The van der Waals surface area contributed by atoms with E-state index >= 15 is 0 Å². The highest BCUT2D eigenvalue weighted by molar-refractivity contribution is 5.87. The Hall–Kier alpha value is -2.83. The number of carbonyl (C=O) groups excluding carboxylic acids is 2. The van der Waals surface area contributed by atoms with E-state index in [4.69, 9.17) is 5.73 Å². The smallest absolute Gasteiger partial charge is 0.368 e. The molecule has 2 aromatic carbocycles. The fourth-order valence-electron chi connectivity index (χ4n) is 2.73. The van der Waals surface area contributed by atoms with E-state index in [1.807, 2.05) is 30.3 Å². The van der Waals surface area contributed by atoms with Crippen LogP contribution in [0.25, 0.3) is 0 Å². The first-order chi connectivity index (χ1) is 12.8. The molecule has 0 bridgehead atoms. The van der Waals surface area contributed by atoms with Crippen LogP contribution in [0.4, 0.5) is 13.2 Å². The Kier molecular flexibility index (Phi) is 6.98. The van der Waals surface area contributed by atoms with E-state index in [9.17, 15) is 22.8 Å². The molecule has 0 fully saturated rings. The Morgan fingerprint density at radius 1 is 1.00 bits per heavy atom. The molecular weight excluding hydrogens is 357 g/mol. The summed E-state index contributed by atoms with van der Waals surface area (Å²) in [7, 11) is 0. The Morgan fingerprint density at radius 2 is 1.67 bits per heavy atom. The van der Waals surface area contributed by atoms with E-state index in [2.05, 4.69) is 5.32 Å². The predicted octanol–water partition coefficient (Wildman–Crippen LogP) is 3.24. The summed E-state index contributed by atoms with van der Waals surface area (Å²) in [4.78, 5) is 23.7. The van der Waals surface area contributed by atoms with E-state index in [1.54, 1.807) is 0 Å². The quantitative estimate of drug-likeness (QED) is 0.740. The summed E-state index contributed by atoms with van der Waals surface area (Å²) >= 11 is 0. The summed E-state index contributed by atoms with van der Waals surface area (Å²) in [6, 6.07) is 13.4. The van der Waals surface area contributed by atoms with Crippen LogP contribution in [0.15, 0.2) is 54.6 Å². The fourth-order valence-corrected chi connectivity index (χ4v) is 2.73. The van der Waals surface area contributed by atoms with Gasteiger partial charge in [0.25, 0.3) is 0 Å². The number of nitrogens with two attached hydrogens (primary N) is 1. The molecule has 0 heterocycles. The van der Waals surface area contributed by atoms with Gasteiger partial charge in [-0.3, -0.25) is 9.59 Å². The van der Waals surface area contributed by atoms with Gasteiger partial charge in [-0.05, 0) is 36.5 Å². The van der Waals surface area contributed by atoms with Gasteiger partial charge in [-0.15, -0.1) is 0 Å². The number of benzene rings is 2. The van der Waals surface area contributed by atoms with Gasteiger partial charge in [-0.25, -0.2) is 0 Å². The molecule has 0 aliphatic heterocycles. The summed E-state index contributed by atoms with van der Waals surface area (Å²) in [5, 5.41) is 2.51. The first-order valence-electron chi connectivity index (χ1n) is 8.54. The van der Waals surface area contributed by atoms with Crippen molar-refractivity contribution >= 4 is 11.8 Å². The van der Waals surface area contributed by atoms with Gasteiger partial charge in [0.15, 0.2) is 0 Å². The first-order valence-corrected chi connectivity index (χ1v) is 8.54. The van der Waals surface area contributed by atoms with Crippen LogP contribution in [0.3, 0.4) is 0 Å². The summed E-state index contributed by atoms with van der Waals surface area (Å²) in [6.07, 6.45) is -3.00. The third kappa shape index (κ3) is 6.77. The molecule has 0 radical (unpaired) electrons. The third-order valence-electron chi connectivity index (χ3n) is 4.10. The largest absolute Gasteiger partial charge is 0.416 e. The van der Waals surface area contributed by atoms with Crippen molar-refractivity contribution in [3.8, 4) is 0 Å². The first kappa shape index (κ1) is 20.5. The number of hydrogen-bond donors (Lipinski definition) is 2. The van der Waals surface area contributed by atoms with Crippen LogP contribution in [0.5, 0.6) is 0 Å². The standard InChI is InChI=1S/C20H21F3N2O2/c21-20(22,23)16-10-4-9-15(12-16)13-18(26)25-17(19(24)27)11-5-8-14-6-2-1-3-7-14/h1-4,6-7,9-10,12,17H,5,8,11,13H2,(H2,24,27)(H,25,26)/t17-/m1/s1. The lowest BCUT2D eigenvalue weighted by Crippen LogP contribution is -2.45. The Bertz CT molecular complexity index is 776. The van der Waals surface area contributed by atoms with Crippen molar-refractivity contribution in [3.05, 3.63) is 71.3 Å². The van der Waals surface area contributed by atoms with Crippen LogP contribution in [0, 0.1) is 0 Å². The predicted molar refractivity (Wildman–Crippen MR) is 95.7 cm³/mol. The number of alkyl halides is 3. The lowest BCUT2D eigenvalue weighted by molar-refractivity contribution is -0.137. The number of primary amides is 1. The number of aryl methyl sites for hydroxylation is 1. The van der Waals surface area contributed by atoms with Gasteiger partial charge in [-0.2, -0.15) is 13.2 Å². The summed E-state index contributed by atoms with van der Waals surface area (Å²) in [5.74, 6) is -1.21. The van der Waals surface area contributed by atoms with Crippen molar-refractivity contribution in [1.82, 2.24) is 5.32 Å². The molecule has 2 amide bonds. The summed E-state index contributed by atoms with van der Waals surface area (Å²) < 4.78 is 38.2. The highest BCUT2D eigenvalue weighted by atomic mass is 19.4. The molecular formula is C20H21F3N2O2. The third-order valence-corrected chi connectivity index (χ3v) is 4.10. The number of amides is 2. The van der Waals surface area contributed by atoms with Crippen LogP contribution in [0.1, 0.15) is 29.5 Å². The van der Waals surface area contributed by atoms with E-state index in [0.717, 1.165) is 24.1 Å². The molecule has 0 aliphatic carbocycles. The van der Waals surface area contributed by atoms with Crippen molar-refractivity contribution in [3.63, 3.8) is 0 Å². The van der Waals surface area contributed by atoms with E-state index in [1.165, 1.54) is 12.1 Å². The molecule has 0 aliphatic rings. The van der Waals surface area contributed by atoms with Gasteiger partial charge in [0, 0.05) is 0 Å². The average Bonchev–Trinajstić information content (AvgIpc) is 2.61. The Balaban J connectivity index is 1.90. The highest BCUT2D eigenvalue weighted by Gasteiger charge is 2.30. The van der Waals surface area contributed by atoms with Gasteiger partial charge in [0.05, 0.1) is 12.0 Å². The summed E-state index contributed by atoms with van der Waals surface area (Å²) in [6.45, 7) is 0. The maximum atomic E-state index is 12.7. The molecule has 3 N–H and O–H groups in total. The molecule has 0 spiro atoms. The van der Waals surface area contributed by atoms with Gasteiger partial charge in [0.2, 0.25) is 11.8 Å². The average molecular weight is 378 g/mol. The SMILES string of the molecule is NC(=O)[C@@H](CCCc1ccccc1)NC(=O)Cc1cccc(C(F)(F)F)c1. The molecule has 0 aromatic heterocycles. The van der Waals surface area contributed by atoms with Crippen molar-refractivity contribution < 1.29 is 22.8 Å². The zero-order valence-corrected chi connectivity index (χ0v) is 14.6. The number of carbonyl (C=O) groups is 2. The second kappa shape index (κ2) is 9.21. The monoisotopic (exact) mass is 378 g/mol. The zero-order chi connectivity index (χ0) is 19.9. The lowest BCUT2D eigenvalue weighted by Gasteiger charge is -2.16. The lowest BCUT2D eigenvalue weighted by atomic mass is 10.0. The number of hydrogen-bond acceptors (Lipinski definition) is 2. The van der Waals surface area contributed by atoms with Gasteiger partial charge in [0.1, 0.15) is 6.04 Å². The molecule has 0 saturated heterocycles. The van der Waals surface area contributed by atoms with Crippen LogP contribution < -0.4 is 11.1 Å². The van der Waals surface area contributed by atoms with Crippen molar-refractivity contribution in [1.29, 1.82) is 0 Å². The van der Waals surface area contributed by atoms with Crippen LogP contribution in [-0.4, -0.2) is 17.9 Å². The van der Waals surface area contributed by atoms with Crippen molar-refractivity contribution in [2.24, 2.45) is 5.73 Å². The second-order valence-corrected chi connectivity index (χ2v) is 6.28. The minimum Gasteiger partial charge on any atom is -0.368 e. The topological polar surface area (TPSA) is 72.2 Å². The number of nitrogens with one attached hydrogen (secondary N) is 1.